The fraction of sp³-hybridized carbons (Fsp3) is 0.250. The molecule has 0 saturated heterocycles. The molecule has 0 bridgehead atoms. The normalized spacial score (nSPS) is 15.6. The molecule has 0 aromatic carbocycles. The van der Waals surface area contributed by atoms with Crippen LogP contribution in [0.2, 0.25) is 0 Å². The summed E-state index contributed by atoms with van der Waals surface area (Å²) in [6.45, 7) is 0. The van der Waals surface area contributed by atoms with Gasteiger partial charge in [-0.3, -0.25) is 0 Å². The highest BCUT2D eigenvalue weighted by atomic mass is 14.7. The third-order valence-electron chi connectivity index (χ3n) is 1.69. The molecule has 0 fully saturated rings. The van der Waals surface area contributed by atoms with Crippen molar-refractivity contribution in [2.75, 3.05) is 0 Å². The molecule has 1 nitrogen and oxygen atoms in total. The summed E-state index contributed by atoms with van der Waals surface area (Å²) in [5.41, 5.74) is 2.66. The molecule has 0 saturated carbocycles. The predicted octanol–water partition coefficient (Wildman–Crippen LogP) is 1.30. The molecule has 1 aliphatic rings. The third kappa shape index (κ3) is 0.689. The lowest BCUT2D eigenvalue weighted by molar-refractivity contribution is 1.04. The van der Waals surface area contributed by atoms with Gasteiger partial charge < -0.3 is 4.98 Å². The van der Waals surface area contributed by atoms with Crippen LogP contribution in [0.4, 0.5) is 0 Å². The van der Waals surface area contributed by atoms with Crippen molar-refractivity contribution in [1.29, 1.82) is 0 Å². The Hall–Kier alpha value is -0.980. The first-order chi connectivity index (χ1) is 4.47. The van der Waals surface area contributed by atoms with Gasteiger partial charge in [-0.25, -0.2) is 0 Å². The van der Waals surface area contributed by atoms with Crippen molar-refractivity contribution in [3.63, 3.8) is 0 Å². The molecule has 0 aliphatic heterocycles. The molecule has 1 aliphatic carbocycles. The maximum absolute atomic E-state index is 4.21. The number of rotatable bonds is 0. The van der Waals surface area contributed by atoms with Crippen LogP contribution >= 0.6 is 0 Å². The topological polar surface area (TPSA) is 14.1 Å². The van der Waals surface area contributed by atoms with Gasteiger partial charge in [-0.2, -0.15) is 11.9 Å². The highest BCUT2D eigenvalue weighted by molar-refractivity contribution is 5.28. The van der Waals surface area contributed by atoms with Gasteiger partial charge in [0.1, 0.15) is 0 Å². The van der Waals surface area contributed by atoms with Crippen LogP contribution in [0.25, 0.3) is 0 Å². The zero-order chi connectivity index (χ0) is 6.10. The Labute approximate surface area is 54.4 Å². The van der Waals surface area contributed by atoms with E-state index in [-0.39, 0.29) is 0 Å². The summed E-state index contributed by atoms with van der Waals surface area (Å²) < 4.78 is 0. The van der Waals surface area contributed by atoms with E-state index >= 15 is 0 Å². The summed E-state index contributed by atoms with van der Waals surface area (Å²) in [4.78, 5) is 4.21. The Bertz CT molecular complexity index is 210. The van der Waals surface area contributed by atoms with Crippen LogP contribution in [0.1, 0.15) is 11.3 Å². The highest BCUT2D eigenvalue weighted by Gasteiger charge is 1.95. The molecule has 1 aromatic rings. The molecule has 1 aromatic heterocycles. The van der Waals surface area contributed by atoms with Gasteiger partial charge in [0.25, 0.3) is 0 Å². The summed E-state index contributed by atoms with van der Waals surface area (Å²) in [6.07, 6.45) is 8.37. The van der Waals surface area contributed by atoms with E-state index in [1.807, 2.05) is 6.20 Å². The molecule has 0 radical (unpaired) electrons. The van der Waals surface area contributed by atoms with Crippen molar-refractivity contribution in [3.8, 4) is 0 Å². The number of hydrogen-bond donors (Lipinski definition) is 0. The van der Waals surface area contributed by atoms with E-state index in [2.05, 4.69) is 23.2 Å². The average Bonchev–Trinajstić information content (AvgIpc) is 2.33. The maximum Gasteiger partial charge on any atom is -0.0113 e. The number of hydrogen-bond acceptors (Lipinski definition) is 0. The van der Waals surface area contributed by atoms with E-state index in [0.29, 0.717) is 0 Å². The van der Waals surface area contributed by atoms with E-state index in [1.165, 1.54) is 11.3 Å². The lowest BCUT2D eigenvalue weighted by atomic mass is 10.1. The van der Waals surface area contributed by atoms with Gasteiger partial charge in [0.15, 0.2) is 0 Å². The fourth-order valence-electron chi connectivity index (χ4n) is 1.17. The molecule has 0 unspecified atom stereocenters. The van der Waals surface area contributed by atoms with Crippen molar-refractivity contribution in [2.45, 2.75) is 12.8 Å². The van der Waals surface area contributed by atoms with Gasteiger partial charge >= 0.3 is 0 Å². The molecule has 46 valence electrons. The molecular weight excluding hydrogens is 110 g/mol. The Morgan fingerprint density at radius 1 is 1.22 bits per heavy atom. The lowest BCUT2D eigenvalue weighted by Gasteiger charge is -2.10. The minimum Gasteiger partial charge on any atom is -0.667 e. The van der Waals surface area contributed by atoms with Gasteiger partial charge in [0.2, 0.25) is 0 Å². The molecule has 1 heteroatoms. The van der Waals surface area contributed by atoms with Crippen LogP contribution in [0.5, 0.6) is 0 Å². The van der Waals surface area contributed by atoms with Crippen LogP contribution in [-0.2, 0) is 12.8 Å². The molecule has 0 atom stereocenters. The van der Waals surface area contributed by atoms with Crippen molar-refractivity contribution >= 4 is 0 Å². The van der Waals surface area contributed by atoms with Crippen LogP contribution in [-0.4, -0.2) is 0 Å². The fourth-order valence-corrected chi connectivity index (χ4v) is 1.17. The Balaban J connectivity index is 2.46. The second-order valence-electron chi connectivity index (χ2n) is 2.30. The van der Waals surface area contributed by atoms with Crippen LogP contribution < -0.4 is 4.98 Å². The Morgan fingerprint density at radius 3 is 3.00 bits per heavy atom. The van der Waals surface area contributed by atoms with Crippen LogP contribution in [0.15, 0.2) is 24.4 Å². The minimum atomic E-state index is 1.03. The summed E-state index contributed by atoms with van der Waals surface area (Å²) in [5.74, 6) is 0. The summed E-state index contributed by atoms with van der Waals surface area (Å²) in [7, 11) is 0. The number of allylic oxidation sites excluding steroid dienone is 2. The van der Waals surface area contributed by atoms with E-state index in [0.717, 1.165) is 12.8 Å². The van der Waals surface area contributed by atoms with Crippen molar-refractivity contribution in [2.24, 2.45) is 0 Å². The number of nitrogens with zero attached hydrogens (tertiary/aromatic N) is 1. The van der Waals surface area contributed by atoms with Crippen molar-refractivity contribution in [3.05, 3.63) is 35.7 Å². The third-order valence-corrected chi connectivity index (χ3v) is 1.69. The van der Waals surface area contributed by atoms with Crippen LogP contribution in [0, 0.1) is 0 Å². The number of fused-ring (bicyclic) bond motifs is 1. The molecule has 0 amide bonds. The van der Waals surface area contributed by atoms with Crippen LogP contribution in [0.3, 0.4) is 0 Å². The maximum atomic E-state index is 4.21. The Kier molecular flexibility index (Phi) is 0.950. The molecule has 1 heterocycles. The lowest BCUT2D eigenvalue weighted by Crippen LogP contribution is -1.94. The van der Waals surface area contributed by atoms with Gasteiger partial charge in [-0.1, -0.05) is 23.8 Å². The smallest absolute Gasteiger partial charge is 0.0113 e. The standard InChI is InChI=1S/C8H8N/c1-2-4-8-7(3-1)5-6-9-8/h1-2,5-6H,3-4H2/q-1. The van der Waals surface area contributed by atoms with E-state index in [9.17, 15) is 0 Å². The largest absolute Gasteiger partial charge is 0.667 e. The van der Waals surface area contributed by atoms with Crippen molar-refractivity contribution in [1.82, 2.24) is 4.98 Å². The highest BCUT2D eigenvalue weighted by Crippen LogP contribution is 2.12. The molecular formula is C8H8N-. The van der Waals surface area contributed by atoms with Gasteiger partial charge in [-0.15, -0.1) is 0 Å². The second-order valence-corrected chi connectivity index (χ2v) is 2.30. The quantitative estimate of drug-likeness (QED) is 0.468. The van der Waals surface area contributed by atoms with Gasteiger partial charge in [0, 0.05) is 0 Å². The van der Waals surface area contributed by atoms with E-state index < -0.39 is 0 Å². The minimum absolute atomic E-state index is 1.03. The molecule has 0 spiro atoms. The molecule has 9 heavy (non-hydrogen) atoms. The monoisotopic (exact) mass is 118 g/mol. The number of aromatic nitrogens is 1. The van der Waals surface area contributed by atoms with Crippen molar-refractivity contribution < 1.29 is 0 Å². The SMILES string of the molecule is C1=CCc2[n-]ccc2C1. The summed E-state index contributed by atoms with van der Waals surface area (Å²) in [6, 6.07) is 2.10. The molecule has 2 rings (SSSR count). The second kappa shape index (κ2) is 1.76. The van der Waals surface area contributed by atoms with E-state index in [4.69, 9.17) is 0 Å². The predicted molar refractivity (Wildman–Crippen MR) is 36.3 cm³/mol. The zero-order valence-corrected chi connectivity index (χ0v) is 5.17. The first-order valence-electron chi connectivity index (χ1n) is 3.21. The average molecular weight is 118 g/mol. The first-order valence-corrected chi connectivity index (χ1v) is 3.21. The van der Waals surface area contributed by atoms with Gasteiger partial charge in [-0.05, 0) is 12.8 Å². The Morgan fingerprint density at radius 2 is 2.11 bits per heavy atom. The van der Waals surface area contributed by atoms with Gasteiger partial charge in [0.05, 0.1) is 0 Å². The summed E-state index contributed by atoms with van der Waals surface area (Å²) >= 11 is 0. The first kappa shape index (κ1) is 4.86. The summed E-state index contributed by atoms with van der Waals surface area (Å²) in [5, 5.41) is 0. The zero-order valence-electron chi connectivity index (χ0n) is 5.17. The van der Waals surface area contributed by atoms with E-state index in [1.54, 1.807) is 0 Å². The molecule has 0 N–H and O–H groups in total.